The van der Waals surface area contributed by atoms with E-state index in [-0.39, 0.29) is 12.0 Å². The summed E-state index contributed by atoms with van der Waals surface area (Å²) in [7, 11) is 1.68. The number of anilines is 1. The maximum atomic E-state index is 13.3. The molecule has 0 aliphatic heterocycles. The largest absolute Gasteiger partial charge is 0.515 e. The number of carbonyl (C=O) groups excluding carboxylic acids is 1. The molecule has 0 amide bonds. The van der Waals surface area contributed by atoms with Gasteiger partial charge in [0, 0.05) is 31.0 Å². The molecule has 0 aromatic carbocycles. The summed E-state index contributed by atoms with van der Waals surface area (Å²) in [5, 5.41) is 9.62. The van der Waals surface area contributed by atoms with Gasteiger partial charge in [-0.3, -0.25) is 4.79 Å². The number of allylic oxidation sites excluding steroid dienone is 2. The highest BCUT2D eigenvalue weighted by molar-refractivity contribution is 5.81. The smallest absolute Gasteiger partial charge is 0.198 e. The molecule has 7 heteroatoms. The van der Waals surface area contributed by atoms with Crippen LogP contribution >= 0.6 is 0 Å². The number of nitrogens with zero attached hydrogens (tertiary/aromatic N) is 3. The topological polar surface area (TPSA) is 84.7 Å². The van der Waals surface area contributed by atoms with Gasteiger partial charge in [-0.1, -0.05) is 13.0 Å². The maximum absolute atomic E-state index is 13.3. The zero-order valence-electron chi connectivity index (χ0n) is 17.8. The molecule has 30 heavy (non-hydrogen) atoms. The van der Waals surface area contributed by atoms with Crippen LogP contribution < -0.4 is 10.3 Å². The first kappa shape index (κ1) is 21.8. The Bertz CT molecular complexity index is 1030. The van der Waals surface area contributed by atoms with Crippen molar-refractivity contribution in [2.45, 2.75) is 45.7 Å². The van der Waals surface area contributed by atoms with Crippen molar-refractivity contribution in [3.05, 3.63) is 51.5 Å². The second-order valence-electron chi connectivity index (χ2n) is 7.48. The van der Waals surface area contributed by atoms with Gasteiger partial charge in [0.05, 0.1) is 24.8 Å². The van der Waals surface area contributed by atoms with Gasteiger partial charge in [0.15, 0.2) is 5.43 Å². The minimum Gasteiger partial charge on any atom is -0.515 e. The SMILES string of the molecule is CCc1c(/C=C\C(C)=C\O)c(=O)c2ccc(N(CCOC)C3CC3)nc2n1CC=O. The minimum atomic E-state index is -0.125. The number of aliphatic hydroxyl groups is 1. The van der Waals surface area contributed by atoms with E-state index in [0.29, 0.717) is 41.2 Å². The molecule has 2 aromatic rings. The first-order valence-electron chi connectivity index (χ1n) is 10.3. The Labute approximate surface area is 176 Å². The Balaban J connectivity index is 2.21. The van der Waals surface area contributed by atoms with Crippen molar-refractivity contribution in [2.75, 3.05) is 25.2 Å². The zero-order chi connectivity index (χ0) is 21.7. The van der Waals surface area contributed by atoms with Crippen molar-refractivity contribution >= 4 is 29.2 Å². The summed E-state index contributed by atoms with van der Waals surface area (Å²) >= 11 is 0. The molecule has 0 saturated heterocycles. The monoisotopic (exact) mass is 411 g/mol. The predicted molar refractivity (Wildman–Crippen MR) is 119 cm³/mol. The summed E-state index contributed by atoms with van der Waals surface area (Å²) in [6.45, 7) is 5.14. The zero-order valence-corrected chi connectivity index (χ0v) is 17.8. The van der Waals surface area contributed by atoms with Gasteiger partial charge in [-0.05, 0) is 50.0 Å². The second kappa shape index (κ2) is 9.71. The Hall–Kier alpha value is -2.93. The maximum Gasteiger partial charge on any atom is 0.198 e. The van der Waals surface area contributed by atoms with Gasteiger partial charge < -0.3 is 24.1 Å². The number of aromatic nitrogens is 2. The lowest BCUT2D eigenvalue weighted by Gasteiger charge is -2.24. The Kier molecular flexibility index (Phi) is 7.05. The number of carbonyl (C=O) groups is 1. The molecular formula is C23H29N3O4. The van der Waals surface area contributed by atoms with Crippen LogP contribution in [0.15, 0.2) is 34.8 Å². The standard InChI is InChI=1S/C23H29N3O4/c1-4-20-18(8-5-16(2)15-28)22(29)19-9-10-21(24-23(19)26(20)11-13-27)25(12-14-30-3)17-6-7-17/h5,8-10,13,15,17,28H,4,6-7,11-12,14H2,1-3H3/b8-5-,16-15+. The van der Waals surface area contributed by atoms with Crippen LogP contribution in [0, 0.1) is 0 Å². The molecule has 0 spiro atoms. The highest BCUT2D eigenvalue weighted by Gasteiger charge is 2.30. The first-order valence-corrected chi connectivity index (χ1v) is 10.3. The number of hydrogen-bond acceptors (Lipinski definition) is 6. The van der Waals surface area contributed by atoms with Gasteiger partial charge in [-0.2, -0.15) is 0 Å². The summed E-state index contributed by atoms with van der Waals surface area (Å²) < 4.78 is 7.07. The fourth-order valence-corrected chi connectivity index (χ4v) is 3.67. The van der Waals surface area contributed by atoms with Crippen LogP contribution in [-0.2, 0) is 22.5 Å². The number of pyridine rings is 2. The van der Waals surface area contributed by atoms with Crippen LogP contribution in [0.1, 0.15) is 37.9 Å². The van der Waals surface area contributed by atoms with Gasteiger partial charge in [0.1, 0.15) is 17.8 Å². The number of ether oxygens (including phenoxy) is 1. The van der Waals surface area contributed by atoms with E-state index in [4.69, 9.17) is 14.8 Å². The minimum absolute atomic E-state index is 0.119. The lowest BCUT2D eigenvalue weighted by atomic mass is 10.1. The second-order valence-corrected chi connectivity index (χ2v) is 7.48. The summed E-state index contributed by atoms with van der Waals surface area (Å²) in [5.74, 6) is 0.797. The third-order valence-corrected chi connectivity index (χ3v) is 5.37. The van der Waals surface area contributed by atoms with Crippen molar-refractivity contribution < 1.29 is 14.6 Å². The van der Waals surface area contributed by atoms with Crippen LogP contribution in [0.5, 0.6) is 0 Å². The van der Waals surface area contributed by atoms with Crippen LogP contribution in [0.3, 0.4) is 0 Å². The molecule has 1 saturated carbocycles. The molecule has 1 aliphatic carbocycles. The summed E-state index contributed by atoms with van der Waals surface area (Å²) in [6.07, 6.45) is 8.02. The quantitative estimate of drug-likeness (QED) is 0.367. The van der Waals surface area contributed by atoms with Crippen molar-refractivity contribution in [1.29, 1.82) is 0 Å². The first-order chi connectivity index (χ1) is 14.5. The van der Waals surface area contributed by atoms with Crippen molar-refractivity contribution in [2.24, 2.45) is 0 Å². The average Bonchev–Trinajstić information content (AvgIpc) is 3.59. The molecule has 0 radical (unpaired) electrons. The lowest BCUT2D eigenvalue weighted by Crippen LogP contribution is -2.30. The van der Waals surface area contributed by atoms with E-state index in [0.717, 1.165) is 43.4 Å². The fraction of sp³-hybridized carbons (Fsp3) is 0.435. The molecule has 160 valence electrons. The lowest BCUT2D eigenvalue weighted by molar-refractivity contribution is -0.108. The van der Waals surface area contributed by atoms with Gasteiger partial charge >= 0.3 is 0 Å². The number of methoxy groups -OCH3 is 1. The van der Waals surface area contributed by atoms with Gasteiger partial charge in [-0.25, -0.2) is 4.98 Å². The number of hydrogen-bond donors (Lipinski definition) is 1. The molecule has 3 rings (SSSR count). The Morgan fingerprint density at radius 3 is 2.77 bits per heavy atom. The summed E-state index contributed by atoms with van der Waals surface area (Å²) in [6, 6.07) is 4.12. The highest BCUT2D eigenvalue weighted by atomic mass is 16.5. The molecule has 2 aromatic heterocycles. The normalized spacial score (nSPS) is 14.6. The fourth-order valence-electron chi connectivity index (χ4n) is 3.67. The highest BCUT2D eigenvalue weighted by Crippen LogP contribution is 2.31. The van der Waals surface area contributed by atoms with E-state index in [9.17, 15) is 9.59 Å². The van der Waals surface area contributed by atoms with Crippen LogP contribution in [0.25, 0.3) is 17.1 Å². The van der Waals surface area contributed by atoms with E-state index in [1.165, 1.54) is 0 Å². The number of rotatable bonds is 10. The van der Waals surface area contributed by atoms with E-state index in [1.807, 2.05) is 17.6 Å². The van der Waals surface area contributed by atoms with Crippen LogP contribution in [-0.4, -0.2) is 47.2 Å². The van der Waals surface area contributed by atoms with Gasteiger partial charge in [0.25, 0.3) is 0 Å². The van der Waals surface area contributed by atoms with Crippen LogP contribution in [0.4, 0.5) is 5.82 Å². The molecular weight excluding hydrogens is 382 g/mol. The molecule has 1 aliphatic rings. The molecule has 7 nitrogen and oxygen atoms in total. The van der Waals surface area contributed by atoms with Crippen molar-refractivity contribution in [3.8, 4) is 0 Å². The molecule has 0 atom stereocenters. The number of aliphatic hydroxyl groups excluding tert-OH is 1. The third-order valence-electron chi connectivity index (χ3n) is 5.37. The van der Waals surface area contributed by atoms with E-state index < -0.39 is 0 Å². The average molecular weight is 412 g/mol. The third kappa shape index (κ3) is 4.46. The van der Waals surface area contributed by atoms with Crippen LogP contribution in [0.2, 0.25) is 0 Å². The van der Waals surface area contributed by atoms with Crippen molar-refractivity contribution in [1.82, 2.24) is 9.55 Å². The molecule has 0 bridgehead atoms. The molecule has 0 unspecified atom stereocenters. The van der Waals surface area contributed by atoms with E-state index in [2.05, 4.69) is 4.90 Å². The number of fused-ring (bicyclic) bond motifs is 1. The molecule has 1 fully saturated rings. The van der Waals surface area contributed by atoms with Gasteiger partial charge in [0.2, 0.25) is 0 Å². The number of aldehydes is 1. The van der Waals surface area contributed by atoms with Crippen molar-refractivity contribution in [3.63, 3.8) is 0 Å². The van der Waals surface area contributed by atoms with E-state index >= 15 is 0 Å². The Morgan fingerprint density at radius 1 is 1.40 bits per heavy atom. The summed E-state index contributed by atoms with van der Waals surface area (Å²) in [4.78, 5) is 31.8. The van der Waals surface area contributed by atoms with Gasteiger partial charge in [-0.15, -0.1) is 0 Å². The molecule has 1 N–H and O–H groups in total. The Morgan fingerprint density at radius 2 is 2.17 bits per heavy atom. The predicted octanol–water partition coefficient (Wildman–Crippen LogP) is 3.25. The summed E-state index contributed by atoms with van der Waals surface area (Å²) in [5.41, 5.74) is 2.29. The molecule has 2 heterocycles. The van der Waals surface area contributed by atoms with E-state index in [1.54, 1.807) is 32.3 Å².